The number of hydrogen-bond donors (Lipinski definition) is 2. The average Bonchev–Trinajstić information content (AvgIpc) is 3.02. The maximum atomic E-state index is 12.4. The van der Waals surface area contributed by atoms with Gasteiger partial charge in [-0.05, 0) is 25.1 Å². The maximum absolute atomic E-state index is 12.4. The highest BCUT2D eigenvalue weighted by Crippen LogP contribution is 2.12. The second-order valence-corrected chi connectivity index (χ2v) is 7.03. The molecule has 0 bridgehead atoms. The fourth-order valence-corrected chi connectivity index (χ4v) is 3.12. The van der Waals surface area contributed by atoms with Crippen molar-refractivity contribution in [3.63, 3.8) is 0 Å². The van der Waals surface area contributed by atoms with Crippen LogP contribution < -0.4 is 10.0 Å². The maximum Gasteiger partial charge on any atom is 0.251 e. The highest BCUT2D eigenvalue weighted by molar-refractivity contribution is 7.89. The summed E-state index contributed by atoms with van der Waals surface area (Å²) in [6.07, 6.45) is 3.33. The summed E-state index contributed by atoms with van der Waals surface area (Å²) in [4.78, 5) is 16.2. The van der Waals surface area contributed by atoms with E-state index in [1.807, 2.05) is 6.92 Å². The first-order valence-corrected chi connectivity index (χ1v) is 9.34. The third-order valence-corrected chi connectivity index (χ3v) is 4.88. The van der Waals surface area contributed by atoms with Crippen LogP contribution in [0.2, 0.25) is 0 Å². The molecule has 0 aliphatic heterocycles. The van der Waals surface area contributed by atoms with Gasteiger partial charge in [-0.3, -0.25) is 4.79 Å². The van der Waals surface area contributed by atoms with Crippen LogP contribution >= 0.6 is 0 Å². The van der Waals surface area contributed by atoms with Gasteiger partial charge in [0.15, 0.2) is 0 Å². The van der Waals surface area contributed by atoms with Crippen molar-refractivity contribution < 1.29 is 17.9 Å². The topological polar surface area (TPSA) is 102 Å². The molecular weight excluding hydrogens is 344 g/mol. The molecule has 2 aromatic rings. The molecular formula is C16H22N4O4S. The van der Waals surface area contributed by atoms with Crippen molar-refractivity contribution in [1.82, 2.24) is 19.6 Å². The van der Waals surface area contributed by atoms with E-state index in [1.54, 1.807) is 30.1 Å². The summed E-state index contributed by atoms with van der Waals surface area (Å²) in [5.41, 5.74) is 0.274. The number of rotatable bonds is 9. The summed E-state index contributed by atoms with van der Waals surface area (Å²) < 4.78 is 34.2. The number of ether oxygens (including phenoxy) is 1. The predicted molar refractivity (Wildman–Crippen MR) is 92.5 cm³/mol. The van der Waals surface area contributed by atoms with Gasteiger partial charge in [-0.2, -0.15) is 0 Å². The zero-order valence-corrected chi connectivity index (χ0v) is 15.0. The van der Waals surface area contributed by atoms with Gasteiger partial charge in [-0.25, -0.2) is 18.1 Å². The lowest BCUT2D eigenvalue weighted by molar-refractivity contribution is 0.0922. The molecule has 1 heterocycles. The molecule has 0 unspecified atom stereocenters. The van der Waals surface area contributed by atoms with Crippen molar-refractivity contribution in [2.24, 2.45) is 7.05 Å². The summed E-state index contributed by atoms with van der Waals surface area (Å²) >= 11 is 0. The lowest BCUT2D eigenvalue weighted by atomic mass is 10.2. The molecule has 0 fully saturated rings. The van der Waals surface area contributed by atoms with Gasteiger partial charge in [0.2, 0.25) is 10.0 Å². The van der Waals surface area contributed by atoms with Crippen LogP contribution in [0, 0.1) is 0 Å². The van der Waals surface area contributed by atoms with E-state index < -0.39 is 10.0 Å². The molecule has 0 atom stereocenters. The Morgan fingerprint density at radius 2 is 2.16 bits per heavy atom. The highest BCUT2D eigenvalue weighted by Gasteiger charge is 2.17. The first-order chi connectivity index (χ1) is 11.9. The molecule has 0 saturated carbocycles. The summed E-state index contributed by atoms with van der Waals surface area (Å²) in [5.74, 6) is 0.245. The lowest BCUT2D eigenvalue weighted by Gasteiger charge is -2.09. The Bertz CT molecular complexity index is 817. The van der Waals surface area contributed by atoms with Crippen LogP contribution in [0.4, 0.5) is 0 Å². The number of aromatic nitrogens is 2. The third-order valence-electron chi connectivity index (χ3n) is 3.48. The normalized spacial score (nSPS) is 11.4. The minimum absolute atomic E-state index is 0.0270. The lowest BCUT2D eigenvalue weighted by Crippen LogP contribution is -2.28. The van der Waals surface area contributed by atoms with Gasteiger partial charge in [0.05, 0.1) is 18.0 Å². The quantitative estimate of drug-likeness (QED) is 0.635. The van der Waals surface area contributed by atoms with Gasteiger partial charge in [-0.1, -0.05) is 6.07 Å². The van der Waals surface area contributed by atoms with Gasteiger partial charge in [0.1, 0.15) is 5.82 Å². The molecule has 1 aromatic heterocycles. The van der Waals surface area contributed by atoms with E-state index in [2.05, 4.69) is 15.0 Å². The molecule has 1 amide bonds. The Morgan fingerprint density at radius 1 is 1.36 bits per heavy atom. The van der Waals surface area contributed by atoms with Crippen LogP contribution in [0.3, 0.4) is 0 Å². The summed E-state index contributed by atoms with van der Waals surface area (Å²) in [6.45, 7) is 3.28. The summed E-state index contributed by atoms with van der Waals surface area (Å²) in [7, 11) is -1.96. The van der Waals surface area contributed by atoms with Gasteiger partial charge < -0.3 is 14.6 Å². The second-order valence-electron chi connectivity index (χ2n) is 5.26. The Morgan fingerprint density at radius 3 is 2.84 bits per heavy atom. The van der Waals surface area contributed by atoms with Crippen molar-refractivity contribution in [3.8, 4) is 0 Å². The first-order valence-electron chi connectivity index (χ1n) is 7.86. The zero-order chi connectivity index (χ0) is 18.3. The van der Waals surface area contributed by atoms with Gasteiger partial charge >= 0.3 is 0 Å². The molecule has 2 rings (SSSR count). The zero-order valence-electron chi connectivity index (χ0n) is 14.2. The standard InChI is InChI=1S/C16H22N4O4S/c1-3-24-10-8-18-16(21)13-5-4-6-14(11-13)25(22,23)19-12-15-17-7-9-20(15)2/h4-7,9,11,19H,3,8,10,12H2,1-2H3,(H,18,21). The minimum atomic E-state index is -3.75. The van der Waals surface area contributed by atoms with E-state index in [9.17, 15) is 13.2 Å². The summed E-state index contributed by atoms with van der Waals surface area (Å²) in [6, 6.07) is 5.88. The molecule has 0 aliphatic carbocycles. The van der Waals surface area contributed by atoms with Crippen LogP contribution in [-0.4, -0.2) is 43.6 Å². The first kappa shape index (κ1) is 19.1. The Labute approximate surface area is 147 Å². The number of benzene rings is 1. The van der Waals surface area contributed by atoms with Crippen LogP contribution in [0.25, 0.3) is 0 Å². The molecule has 2 N–H and O–H groups in total. The van der Waals surface area contributed by atoms with E-state index in [0.717, 1.165) is 0 Å². The van der Waals surface area contributed by atoms with Crippen molar-refractivity contribution >= 4 is 15.9 Å². The number of amides is 1. The van der Waals surface area contributed by atoms with Crippen molar-refractivity contribution in [2.75, 3.05) is 19.8 Å². The van der Waals surface area contributed by atoms with Crippen LogP contribution in [0.15, 0.2) is 41.6 Å². The number of carbonyl (C=O) groups excluding carboxylic acids is 1. The van der Waals surface area contributed by atoms with Crippen LogP contribution in [-0.2, 0) is 28.4 Å². The van der Waals surface area contributed by atoms with Crippen molar-refractivity contribution in [2.45, 2.75) is 18.4 Å². The molecule has 25 heavy (non-hydrogen) atoms. The molecule has 0 aliphatic rings. The molecule has 0 radical (unpaired) electrons. The highest BCUT2D eigenvalue weighted by atomic mass is 32.2. The van der Waals surface area contributed by atoms with Crippen molar-refractivity contribution in [3.05, 3.63) is 48.0 Å². The van der Waals surface area contributed by atoms with Crippen molar-refractivity contribution in [1.29, 1.82) is 0 Å². The number of hydrogen-bond acceptors (Lipinski definition) is 5. The molecule has 0 spiro atoms. The SMILES string of the molecule is CCOCCNC(=O)c1cccc(S(=O)(=O)NCc2nccn2C)c1. The fourth-order valence-electron chi connectivity index (χ4n) is 2.10. The molecule has 1 aromatic carbocycles. The molecule has 0 saturated heterocycles. The molecule has 136 valence electrons. The van der Waals surface area contributed by atoms with E-state index in [1.165, 1.54) is 18.2 Å². The van der Waals surface area contributed by atoms with E-state index in [4.69, 9.17) is 4.74 Å². The van der Waals surface area contributed by atoms with E-state index in [0.29, 0.717) is 25.6 Å². The van der Waals surface area contributed by atoms with Gasteiger partial charge in [0, 0.05) is 38.2 Å². The van der Waals surface area contributed by atoms with Crippen LogP contribution in [0.5, 0.6) is 0 Å². The number of sulfonamides is 1. The average molecular weight is 366 g/mol. The number of aryl methyl sites for hydroxylation is 1. The third kappa shape index (κ3) is 5.38. The number of nitrogens with zero attached hydrogens (tertiary/aromatic N) is 2. The van der Waals surface area contributed by atoms with E-state index in [-0.39, 0.29) is 22.9 Å². The van der Waals surface area contributed by atoms with Gasteiger partial charge in [0.25, 0.3) is 5.91 Å². The van der Waals surface area contributed by atoms with Gasteiger partial charge in [-0.15, -0.1) is 0 Å². The second kappa shape index (κ2) is 8.75. The number of nitrogens with one attached hydrogen (secondary N) is 2. The molecule has 8 nitrogen and oxygen atoms in total. The Hall–Kier alpha value is -2.23. The smallest absolute Gasteiger partial charge is 0.251 e. The predicted octanol–water partition coefficient (Wildman–Crippen LogP) is 0.665. The van der Waals surface area contributed by atoms with E-state index >= 15 is 0 Å². The minimum Gasteiger partial charge on any atom is -0.380 e. The van der Waals surface area contributed by atoms with Crippen LogP contribution in [0.1, 0.15) is 23.1 Å². The fraction of sp³-hybridized carbons (Fsp3) is 0.375. The Balaban J connectivity index is 2.03. The number of carbonyl (C=O) groups is 1. The largest absolute Gasteiger partial charge is 0.380 e. The Kier molecular flexibility index (Phi) is 6.68. The monoisotopic (exact) mass is 366 g/mol. The molecule has 9 heteroatoms. The summed E-state index contributed by atoms with van der Waals surface area (Å²) in [5, 5.41) is 2.68. The number of imidazole rings is 1.